The lowest BCUT2D eigenvalue weighted by Crippen LogP contribution is -2.00. The summed E-state index contributed by atoms with van der Waals surface area (Å²) >= 11 is 0. The summed E-state index contributed by atoms with van der Waals surface area (Å²) in [7, 11) is 1.40. The Labute approximate surface area is 123 Å². The zero-order valence-corrected chi connectivity index (χ0v) is 13.7. The second kappa shape index (κ2) is 10.2. The first-order valence-corrected chi connectivity index (χ1v) is 7.24. The molecule has 0 saturated carbocycles. The van der Waals surface area contributed by atoms with Gasteiger partial charge in [-0.2, -0.15) is 0 Å². The predicted molar refractivity (Wildman–Crippen MR) is 86.6 cm³/mol. The Morgan fingerprint density at radius 2 is 1.60 bits per heavy atom. The number of methoxy groups -OCH3 is 1. The van der Waals surface area contributed by atoms with Crippen LogP contribution in [0.2, 0.25) is 0 Å². The van der Waals surface area contributed by atoms with Crippen LogP contribution in [0.25, 0.3) is 0 Å². The van der Waals surface area contributed by atoms with E-state index in [1.807, 2.05) is 12.2 Å². The second-order valence-electron chi connectivity index (χ2n) is 4.91. The molecule has 0 aliphatic carbocycles. The molecular formula is C18H28O2. The van der Waals surface area contributed by atoms with Crippen molar-refractivity contribution < 1.29 is 9.53 Å². The van der Waals surface area contributed by atoms with Crippen LogP contribution >= 0.6 is 0 Å². The first kappa shape index (κ1) is 18.4. The van der Waals surface area contributed by atoms with Crippen molar-refractivity contribution >= 4 is 5.97 Å². The van der Waals surface area contributed by atoms with E-state index in [1.165, 1.54) is 23.8 Å². The van der Waals surface area contributed by atoms with Gasteiger partial charge < -0.3 is 4.74 Å². The van der Waals surface area contributed by atoms with Crippen molar-refractivity contribution in [2.45, 2.75) is 53.9 Å². The maximum Gasteiger partial charge on any atom is 0.333 e. The van der Waals surface area contributed by atoms with Gasteiger partial charge in [0.25, 0.3) is 0 Å². The maximum atomic E-state index is 11.3. The van der Waals surface area contributed by atoms with Crippen LogP contribution in [0.4, 0.5) is 0 Å². The van der Waals surface area contributed by atoms with E-state index in [4.69, 9.17) is 0 Å². The van der Waals surface area contributed by atoms with Crippen LogP contribution in [-0.2, 0) is 9.53 Å². The molecule has 0 radical (unpaired) electrons. The number of hydrogen-bond acceptors (Lipinski definition) is 2. The Morgan fingerprint density at radius 1 is 0.950 bits per heavy atom. The summed E-state index contributed by atoms with van der Waals surface area (Å²) in [5.74, 6) is -0.278. The van der Waals surface area contributed by atoms with Crippen LogP contribution in [0.3, 0.4) is 0 Å². The maximum absolute atomic E-state index is 11.3. The molecule has 0 unspecified atom stereocenters. The van der Waals surface area contributed by atoms with Crippen molar-refractivity contribution in [3.63, 3.8) is 0 Å². The third-order valence-electron chi connectivity index (χ3n) is 3.38. The van der Waals surface area contributed by atoms with Crippen molar-refractivity contribution in [2.75, 3.05) is 7.11 Å². The Kier molecular flexibility index (Phi) is 9.44. The summed E-state index contributed by atoms with van der Waals surface area (Å²) in [4.78, 5) is 11.3. The third-order valence-corrected chi connectivity index (χ3v) is 3.38. The number of rotatable bonds is 7. The molecule has 0 bridgehead atoms. The van der Waals surface area contributed by atoms with Crippen molar-refractivity contribution in [3.05, 3.63) is 46.6 Å². The Hall–Kier alpha value is -1.57. The largest absolute Gasteiger partial charge is 0.466 e. The lowest BCUT2D eigenvalue weighted by molar-refractivity contribution is -0.136. The first-order valence-electron chi connectivity index (χ1n) is 7.24. The van der Waals surface area contributed by atoms with Crippen LogP contribution in [0.1, 0.15) is 53.9 Å². The van der Waals surface area contributed by atoms with E-state index in [0.717, 1.165) is 19.3 Å². The lowest BCUT2D eigenvalue weighted by Gasteiger charge is -2.04. The van der Waals surface area contributed by atoms with E-state index in [2.05, 4.69) is 44.6 Å². The minimum atomic E-state index is -0.278. The highest BCUT2D eigenvalue weighted by molar-refractivity contribution is 5.88. The Bertz CT molecular complexity index is 434. The minimum absolute atomic E-state index is 0.278. The van der Waals surface area contributed by atoms with E-state index in [0.29, 0.717) is 5.57 Å². The molecule has 0 amide bonds. The Balaban J connectivity index is 4.90. The molecule has 0 spiro atoms. The number of carbonyl (C=O) groups excluding carboxylic acids is 1. The highest BCUT2D eigenvalue weighted by Crippen LogP contribution is 2.15. The van der Waals surface area contributed by atoms with Crippen LogP contribution in [0.15, 0.2) is 46.6 Å². The van der Waals surface area contributed by atoms with Crippen molar-refractivity contribution in [1.29, 1.82) is 0 Å². The van der Waals surface area contributed by atoms with Gasteiger partial charge in [-0.1, -0.05) is 49.3 Å². The van der Waals surface area contributed by atoms with Gasteiger partial charge in [-0.3, -0.25) is 0 Å². The van der Waals surface area contributed by atoms with Crippen LogP contribution < -0.4 is 0 Å². The molecule has 2 nitrogen and oxygen atoms in total. The lowest BCUT2D eigenvalue weighted by atomic mass is 10.0. The fourth-order valence-electron chi connectivity index (χ4n) is 1.70. The van der Waals surface area contributed by atoms with Gasteiger partial charge in [0.05, 0.1) is 7.11 Å². The molecule has 0 aliphatic heterocycles. The third kappa shape index (κ3) is 7.13. The van der Waals surface area contributed by atoms with E-state index in [-0.39, 0.29) is 5.97 Å². The molecule has 20 heavy (non-hydrogen) atoms. The molecular weight excluding hydrogens is 248 g/mol. The van der Waals surface area contributed by atoms with Gasteiger partial charge in [-0.05, 0) is 45.6 Å². The molecule has 112 valence electrons. The predicted octanol–water partition coefficient (Wildman–Crippen LogP) is 5.13. The molecule has 0 N–H and O–H groups in total. The zero-order valence-electron chi connectivity index (χ0n) is 13.7. The van der Waals surface area contributed by atoms with E-state index in [1.54, 1.807) is 6.92 Å². The number of allylic oxidation sites excluding steroid dienone is 7. The summed E-state index contributed by atoms with van der Waals surface area (Å²) in [6.45, 7) is 10.3. The summed E-state index contributed by atoms with van der Waals surface area (Å²) in [5.41, 5.74) is 4.54. The van der Waals surface area contributed by atoms with Gasteiger partial charge in [0.1, 0.15) is 0 Å². The van der Waals surface area contributed by atoms with Gasteiger partial charge in [0.2, 0.25) is 0 Å². The number of esters is 1. The summed E-state index contributed by atoms with van der Waals surface area (Å²) < 4.78 is 4.68. The van der Waals surface area contributed by atoms with Gasteiger partial charge in [0.15, 0.2) is 0 Å². The highest BCUT2D eigenvalue weighted by Gasteiger charge is 2.01. The monoisotopic (exact) mass is 276 g/mol. The average Bonchev–Trinajstić information content (AvgIpc) is 2.46. The Morgan fingerprint density at radius 3 is 2.10 bits per heavy atom. The second-order valence-corrected chi connectivity index (χ2v) is 4.91. The summed E-state index contributed by atoms with van der Waals surface area (Å²) in [6, 6.07) is 0. The average molecular weight is 276 g/mol. The molecule has 0 saturated heterocycles. The van der Waals surface area contributed by atoms with Crippen molar-refractivity contribution in [1.82, 2.24) is 0 Å². The number of carbonyl (C=O) groups is 1. The SMILES string of the molecule is CC/C(C)=C/C/C=C(C)/C(=C/C=C(\C)C(=O)OC)CC. The number of ether oxygens (including phenoxy) is 1. The van der Waals surface area contributed by atoms with Crippen LogP contribution in [0.5, 0.6) is 0 Å². The zero-order chi connectivity index (χ0) is 15.5. The molecule has 0 aromatic rings. The molecule has 0 atom stereocenters. The fourth-order valence-corrected chi connectivity index (χ4v) is 1.70. The standard InChI is InChI=1S/C18H28O2/c1-7-14(3)10-9-11-15(4)17(8-2)13-12-16(5)18(19)20-6/h10-13H,7-9H2,1-6H3/b14-10+,15-11+,16-12+,17-13+. The van der Waals surface area contributed by atoms with Crippen molar-refractivity contribution in [2.24, 2.45) is 0 Å². The quantitative estimate of drug-likeness (QED) is 0.279. The minimum Gasteiger partial charge on any atom is -0.466 e. The molecule has 0 aromatic heterocycles. The van der Waals surface area contributed by atoms with Gasteiger partial charge in [-0.25, -0.2) is 4.79 Å². The smallest absolute Gasteiger partial charge is 0.333 e. The summed E-state index contributed by atoms with van der Waals surface area (Å²) in [6.07, 6.45) is 11.3. The molecule has 0 rings (SSSR count). The van der Waals surface area contributed by atoms with Crippen LogP contribution in [-0.4, -0.2) is 13.1 Å². The van der Waals surface area contributed by atoms with Crippen molar-refractivity contribution in [3.8, 4) is 0 Å². The van der Waals surface area contributed by atoms with Gasteiger partial charge in [0, 0.05) is 5.57 Å². The van der Waals surface area contributed by atoms with E-state index >= 15 is 0 Å². The van der Waals surface area contributed by atoms with E-state index < -0.39 is 0 Å². The topological polar surface area (TPSA) is 26.3 Å². The van der Waals surface area contributed by atoms with Gasteiger partial charge in [-0.15, -0.1) is 0 Å². The fraction of sp³-hybridized carbons (Fsp3) is 0.500. The highest BCUT2D eigenvalue weighted by atomic mass is 16.5. The van der Waals surface area contributed by atoms with Gasteiger partial charge >= 0.3 is 5.97 Å². The van der Waals surface area contributed by atoms with E-state index in [9.17, 15) is 4.79 Å². The normalized spacial score (nSPS) is 14.5. The van der Waals surface area contributed by atoms with Crippen LogP contribution in [0, 0.1) is 0 Å². The number of hydrogen-bond donors (Lipinski definition) is 0. The first-order chi connectivity index (χ1) is 9.46. The molecule has 0 fully saturated rings. The molecule has 2 heteroatoms. The molecule has 0 aliphatic rings. The summed E-state index contributed by atoms with van der Waals surface area (Å²) in [5, 5.41) is 0. The molecule has 0 aromatic carbocycles. The molecule has 0 heterocycles.